The third-order valence-electron chi connectivity index (χ3n) is 3.85. The first kappa shape index (κ1) is 15.3. The molecule has 0 aromatic carbocycles. The summed E-state index contributed by atoms with van der Waals surface area (Å²) in [7, 11) is -3.18. The summed E-state index contributed by atoms with van der Waals surface area (Å²) in [6.45, 7) is 6.19. The molecule has 0 heterocycles. The summed E-state index contributed by atoms with van der Waals surface area (Å²) in [4.78, 5) is 0. The van der Waals surface area contributed by atoms with E-state index in [1.807, 2.05) is 6.92 Å². The van der Waals surface area contributed by atoms with Crippen LogP contribution in [0.3, 0.4) is 0 Å². The van der Waals surface area contributed by atoms with Gasteiger partial charge in [-0.05, 0) is 30.6 Å². The summed E-state index contributed by atoms with van der Waals surface area (Å²) in [5.41, 5.74) is 0. The largest absolute Gasteiger partial charge is 0.212 e. The van der Waals surface area contributed by atoms with Crippen LogP contribution in [0.5, 0.6) is 0 Å². The van der Waals surface area contributed by atoms with Gasteiger partial charge in [0.25, 0.3) is 0 Å². The van der Waals surface area contributed by atoms with Gasteiger partial charge in [0.2, 0.25) is 10.0 Å². The van der Waals surface area contributed by atoms with Crippen LogP contribution in [0.2, 0.25) is 0 Å². The molecule has 1 aliphatic carbocycles. The summed E-state index contributed by atoms with van der Waals surface area (Å²) < 4.78 is 26.7. The first-order valence-electron chi connectivity index (χ1n) is 6.45. The normalized spacial score (nSPS) is 31.6. The summed E-state index contributed by atoms with van der Waals surface area (Å²) in [6, 6.07) is 0.118. The lowest BCUT2D eigenvalue weighted by Gasteiger charge is -2.21. The van der Waals surface area contributed by atoms with Gasteiger partial charge in [-0.2, -0.15) is 0 Å². The highest BCUT2D eigenvalue weighted by Crippen LogP contribution is 2.34. The van der Waals surface area contributed by atoms with Crippen LogP contribution in [0.25, 0.3) is 0 Å². The van der Waals surface area contributed by atoms with Gasteiger partial charge in [0.1, 0.15) is 0 Å². The fraction of sp³-hybridized carbons (Fsp3) is 1.00. The molecule has 0 aromatic heterocycles. The van der Waals surface area contributed by atoms with E-state index in [-0.39, 0.29) is 17.7 Å². The van der Waals surface area contributed by atoms with E-state index in [9.17, 15) is 8.42 Å². The van der Waals surface area contributed by atoms with Gasteiger partial charge in [-0.15, -0.1) is 11.6 Å². The smallest absolute Gasteiger partial charge is 0.212 e. The number of sulfonamides is 1. The zero-order valence-electron chi connectivity index (χ0n) is 10.9. The van der Waals surface area contributed by atoms with Crippen LogP contribution in [0.4, 0.5) is 0 Å². The summed E-state index contributed by atoms with van der Waals surface area (Å²) >= 11 is 5.66. The number of hydrogen-bond donors (Lipinski definition) is 1. The van der Waals surface area contributed by atoms with Crippen LogP contribution in [0, 0.1) is 17.8 Å². The number of rotatable bonds is 6. The summed E-state index contributed by atoms with van der Waals surface area (Å²) in [5, 5.41) is 0. The quantitative estimate of drug-likeness (QED) is 0.761. The Kier molecular flexibility index (Phi) is 5.74. The van der Waals surface area contributed by atoms with Gasteiger partial charge >= 0.3 is 0 Å². The van der Waals surface area contributed by atoms with Crippen molar-refractivity contribution in [3.63, 3.8) is 0 Å². The van der Waals surface area contributed by atoms with Crippen molar-refractivity contribution in [2.24, 2.45) is 17.8 Å². The first-order valence-corrected chi connectivity index (χ1v) is 8.64. The van der Waals surface area contributed by atoms with Gasteiger partial charge in [0.05, 0.1) is 5.75 Å². The molecule has 4 unspecified atom stereocenters. The van der Waals surface area contributed by atoms with Crippen molar-refractivity contribution in [2.45, 2.75) is 46.1 Å². The van der Waals surface area contributed by atoms with Gasteiger partial charge in [-0.1, -0.05) is 27.2 Å². The molecule has 1 aliphatic rings. The van der Waals surface area contributed by atoms with E-state index in [1.165, 1.54) is 0 Å². The van der Waals surface area contributed by atoms with E-state index >= 15 is 0 Å². The Morgan fingerprint density at radius 2 is 2.06 bits per heavy atom. The predicted molar refractivity (Wildman–Crippen MR) is 72.8 cm³/mol. The van der Waals surface area contributed by atoms with Crippen LogP contribution in [0.1, 0.15) is 40.0 Å². The van der Waals surface area contributed by atoms with E-state index in [1.54, 1.807) is 0 Å². The molecule has 3 nitrogen and oxygen atoms in total. The van der Waals surface area contributed by atoms with Crippen LogP contribution >= 0.6 is 11.6 Å². The molecule has 0 bridgehead atoms. The summed E-state index contributed by atoms with van der Waals surface area (Å²) in [6.07, 6.45) is 3.24. The van der Waals surface area contributed by atoms with E-state index in [0.717, 1.165) is 19.3 Å². The van der Waals surface area contributed by atoms with E-state index in [0.29, 0.717) is 17.7 Å². The topological polar surface area (TPSA) is 46.2 Å². The van der Waals surface area contributed by atoms with Gasteiger partial charge in [0.15, 0.2) is 0 Å². The van der Waals surface area contributed by atoms with Gasteiger partial charge < -0.3 is 0 Å². The molecular weight excluding hydrogens is 258 g/mol. The molecule has 0 amide bonds. The fourth-order valence-corrected chi connectivity index (χ4v) is 4.68. The minimum Gasteiger partial charge on any atom is -0.212 e. The van der Waals surface area contributed by atoms with Crippen molar-refractivity contribution < 1.29 is 8.42 Å². The average molecular weight is 282 g/mol. The number of alkyl halides is 1. The maximum atomic E-state index is 11.9. The first-order chi connectivity index (χ1) is 7.89. The summed E-state index contributed by atoms with van der Waals surface area (Å²) in [5.74, 6) is 1.64. The molecule has 0 spiro atoms. The highest BCUT2D eigenvalue weighted by atomic mass is 35.5. The number of nitrogens with one attached hydrogen (secondary N) is 1. The van der Waals surface area contributed by atoms with E-state index in [2.05, 4.69) is 18.6 Å². The van der Waals surface area contributed by atoms with Crippen molar-refractivity contribution >= 4 is 21.6 Å². The molecule has 102 valence electrons. The Morgan fingerprint density at radius 3 is 2.53 bits per heavy atom. The Balaban J connectivity index is 2.54. The van der Waals surface area contributed by atoms with Crippen molar-refractivity contribution in [3.05, 3.63) is 0 Å². The second-order valence-electron chi connectivity index (χ2n) is 5.37. The molecule has 0 aliphatic heterocycles. The fourth-order valence-electron chi connectivity index (χ4n) is 2.69. The third kappa shape index (κ3) is 4.42. The highest BCUT2D eigenvalue weighted by Gasteiger charge is 2.34. The Labute approximate surface area is 110 Å². The highest BCUT2D eigenvalue weighted by molar-refractivity contribution is 7.89. The zero-order valence-corrected chi connectivity index (χ0v) is 12.5. The molecule has 17 heavy (non-hydrogen) atoms. The van der Waals surface area contributed by atoms with E-state index in [4.69, 9.17) is 11.6 Å². The SMILES string of the molecule is CCC1CCC(NS(=O)(=O)CC(C)CCl)C1C. The zero-order chi connectivity index (χ0) is 13.1. The van der Waals surface area contributed by atoms with Gasteiger partial charge in [0, 0.05) is 11.9 Å². The molecule has 0 radical (unpaired) electrons. The van der Waals surface area contributed by atoms with E-state index < -0.39 is 10.0 Å². The van der Waals surface area contributed by atoms with Crippen molar-refractivity contribution in [2.75, 3.05) is 11.6 Å². The molecule has 0 saturated heterocycles. The monoisotopic (exact) mass is 281 g/mol. The minimum absolute atomic E-state index is 0.00727. The van der Waals surface area contributed by atoms with Crippen LogP contribution < -0.4 is 4.72 Å². The van der Waals surface area contributed by atoms with Crippen LogP contribution in [-0.4, -0.2) is 26.1 Å². The molecule has 1 N–H and O–H groups in total. The number of halogens is 1. The average Bonchev–Trinajstić information content (AvgIpc) is 2.58. The second-order valence-corrected chi connectivity index (χ2v) is 7.48. The minimum atomic E-state index is -3.18. The molecular formula is C12H24ClNO2S. The Morgan fingerprint density at radius 1 is 1.41 bits per heavy atom. The maximum absolute atomic E-state index is 11.9. The molecule has 5 heteroatoms. The second kappa shape index (κ2) is 6.39. The molecule has 1 rings (SSSR count). The molecule has 0 aromatic rings. The van der Waals surface area contributed by atoms with Crippen molar-refractivity contribution in [1.29, 1.82) is 0 Å². The standard InChI is InChI=1S/C12H24ClNO2S/c1-4-11-5-6-12(10(11)3)14-17(15,16)8-9(2)7-13/h9-12,14H,4-8H2,1-3H3. The van der Waals surface area contributed by atoms with Crippen LogP contribution in [0.15, 0.2) is 0 Å². The van der Waals surface area contributed by atoms with Crippen molar-refractivity contribution in [3.8, 4) is 0 Å². The van der Waals surface area contributed by atoms with Crippen molar-refractivity contribution in [1.82, 2.24) is 4.72 Å². The third-order valence-corrected chi connectivity index (χ3v) is 6.05. The maximum Gasteiger partial charge on any atom is 0.212 e. The van der Waals surface area contributed by atoms with Crippen LogP contribution in [-0.2, 0) is 10.0 Å². The number of hydrogen-bond acceptors (Lipinski definition) is 2. The molecule has 4 atom stereocenters. The molecule has 1 fully saturated rings. The predicted octanol–water partition coefficient (Wildman–Crippen LogP) is 2.61. The lowest BCUT2D eigenvalue weighted by molar-refractivity contribution is 0.368. The van der Waals surface area contributed by atoms with Gasteiger partial charge in [-0.25, -0.2) is 13.1 Å². The lowest BCUT2D eigenvalue weighted by Crippen LogP contribution is -2.40. The Bertz CT molecular complexity index is 331. The Hall–Kier alpha value is 0.200. The van der Waals surface area contributed by atoms with Gasteiger partial charge in [-0.3, -0.25) is 0 Å². The molecule has 1 saturated carbocycles. The lowest BCUT2D eigenvalue weighted by atomic mass is 9.94.